The molecule has 1 heterocycles. The zero-order valence-electron chi connectivity index (χ0n) is 14.7. The molecular formula is C19H26FNO3. The predicted molar refractivity (Wildman–Crippen MR) is 91.9 cm³/mol. The Balaban J connectivity index is 1.97. The minimum absolute atomic E-state index is 0.230. The molecule has 0 N–H and O–H groups in total. The first-order valence-electron chi connectivity index (χ1n) is 8.50. The molecule has 1 fully saturated rings. The normalized spacial score (nSPS) is 26.8. The summed E-state index contributed by atoms with van der Waals surface area (Å²) in [6, 6.07) is 3.91. The second-order valence-electron chi connectivity index (χ2n) is 6.55. The Morgan fingerprint density at radius 3 is 2.42 bits per heavy atom. The molecule has 0 saturated carbocycles. The van der Waals surface area contributed by atoms with Gasteiger partial charge in [-0.05, 0) is 31.7 Å². The summed E-state index contributed by atoms with van der Waals surface area (Å²) in [6.07, 6.45) is 6.98. The summed E-state index contributed by atoms with van der Waals surface area (Å²) in [5.41, 5.74) is 0.801. The summed E-state index contributed by atoms with van der Waals surface area (Å²) in [6.45, 7) is 1.48. The first-order chi connectivity index (χ1) is 11.6. The topological polar surface area (TPSA) is 30.9 Å². The van der Waals surface area contributed by atoms with Gasteiger partial charge in [-0.25, -0.2) is 4.39 Å². The number of hydrogen-bond donors (Lipinski definition) is 0. The Kier molecular flexibility index (Phi) is 4.99. The lowest BCUT2D eigenvalue weighted by Gasteiger charge is -2.43. The highest BCUT2D eigenvalue weighted by atomic mass is 19.1. The highest BCUT2D eigenvalue weighted by Crippen LogP contribution is 2.49. The second-order valence-corrected chi connectivity index (χ2v) is 6.55. The van der Waals surface area contributed by atoms with Gasteiger partial charge in [0, 0.05) is 24.1 Å². The molecule has 0 radical (unpaired) electrons. The molecule has 4 nitrogen and oxygen atoms in total. The van der Waals surface area contributed by atoms with E-state index in [2.05, 4.69) is 12.2 Å². The van der Waals surface area contributed by atoms with E-state index in [0.717, 1.165) is 31.4 Å². The van der Waals surface area contributed by atoms with E-state index in [-0.39, 0.29) is 5.41 Å². The van der Waals surface area contributed by atoms with Crippen LogP contribution in [0.4, 0.5) is 4.39 Å². The molecule has 24 heavy (non-hydrogen) atoms. The largest absolute Gasteiger partial charge is 0.493 e. The van der Waals surface area contributed by atoms with E-state index >= 15 is 0 Å². The highest BCUT2D eigenvalue weighted by Gasteiger charge is 2.41. The van der Waals surface area contributed by atoms with Gasteiger partial charge in [0.15, 0.2) is 17.8 Å². The molecule has 132 valence electrons. The van der Waals surface area contributed by atoms with Crippen molar-refractivity contribution >= 4 is 0 Å². The number of piperidine rings is 1. The van der Waals surface area contributed by atoms with Crippen LogP contribution in [-0.4, -0.2) is 45.6 Å². The number of hydrogen-bond acceptors (Lipinski definition) is 4. The van der Waals surface area contributed by atoms with Crippen molar-refractivity contribution in [1.29, 1.82) is 0 Å². The molecule has 3 rings (SSSR count). The SMILES string of the molecule is COc1ccc(C2(CN3CCCCC3F)C=CC2)c(OC)c1OC. The van der Waals surface area contributed by atoms with E-state index in [1.807, 2.05) is 17.0 Å². The van der Waals surface area contributed by atoms with Crippen LogP contribution in [0.1, 0.15) is 31.2 Å². The van der Waals surface area contributed by atoms with Crippen LogP contribution in [0.5, 0.6) is 17.2 Å². The lowest BCUT2D eigenvalue weighted by atomic mass is 9.69. The van der Waals surface area contributed by atoms with Gasteiger partial charge in [-0.2, -0.15) is 0 Å². The third kappa shape index (κ3) is 2.86. The van der Waals surface area contributed by atoms with Gasteiger partial charge in [-0.15, -0.1) is 0 Å². The van der Waals surface area contributed by atoms with E-state index in [4.69, 9.17) is 14.2 Å². The molecule has 0 bridgehead atoms. The Morgan fingerprint density at radius 2 is 1.88 bits per heavy atom. The van der Waals surface area contributed by atoms with Crippen molar-refractivity contribution in [2.75, 3.05) is 34.4 Å². The van der Waals surface area contributed by atoms with Gasteiger partial charge in [0.2, 0.25) is 5.75 Å². The fraction of sp³-hybridized carbons (Fsp3) is 0.579. The average Bonchev–Trinajstić information content (AvgIpc) is 2.58. The molecular weight excluding hydrogens is 309 g/mol. The van der Waals surface area contributed by atoms with Gasteiger partial charge in [0.1, 0.15) is 0 Å². The lowest BCUT2D eigenvalue weighted by Crippen LogP contribution is -2.47. The van der Waals surface area contributed by atoms with Crippen LogP contribution in [0.15, 0.2) is 24.3 Å². The van der Waals surface area contributed by atoms with Gasteiger partial charge >= 0.3 is 0 Å². The smallest absolute Gasteiger partial charge is 0.203 e. The van der Waals surface area contributed by atoms with E-state index in [0.29, 0.717) is 30.2 Å². The Labute approximate surface area is 143 Å². The van der Waals surface area contributed by atoms with Gasteiger partial charge in [0.05, 0.1) is 21.3 Å². The summed E-state index contributed by atoms with van der Waals surface area (Å²) >= 11 is 0. The molecule has 1 aliphatic heterocycles. The monoisotopic (exact) mass is 335 g/mol. The van der Waals surface area contributed by atoms with Crippen LogP contribution in [0.25, 0.3) is 0 Å². The van der Waals surface area contributed by atoms with Crippen molar-refractivity contribution in [3.8, 4) is 17.2 Å². The maximum atomic E-state index is 14.3. The highest BCUT2D eigenvalue weighted by molar-refractivity contribution is 5.60. The van der Waals surface area contributed by atoms with Crippen molar-refractivity contribution in [1.82, 2.24) is 4.90 Å². The summed E-state index contributed by atoms with van der Waals surface area (Å²) in [4.78, 5) is 1.96. The maximum Gasteiger partial charge on any atom is 0.203 e. The zero-order valence-corrected chi connectivity index (χ0v) is 14.7. The number of methoxy groups -OCH3 is 3. The molecule has 0 aromatic heterocycles. The van der Waals surface area contributed by atoms with Gasteiger partial charge in [0.25, 0.3) is 0 Å². The number of nitrogens with zero attached hydrogens (tertiary/aromatic N) is 1. The van der Waals surface area contributed by atoms with E-state index < -0.39 is 6.30 Å². The van der Waals surface area contributed by atoms with Crippen LogP contribution in [0.3, 0.4) is 0 Å². The molecule has 1 aliphatic carbocycles. The van der Waals surface area contributed by atoms with Crippen molar-refractivity contribution < 1.29 is 18.6 Å². The van der Waals surface area contributed by atoms with Crippen LogP contribution in [0.2, 0.25) is 0 Å². The molecule has 0 spiro atoms. The number of ether oxygens (including phenoxy) is 3. The van der Waals surface area contributed by atoms with Gasteiger partial charge in [-0.1, -0.05) is 18.2 Å². The second kappa shape index (κ2) is 7.01. The maximum absolute atomic E-state index is 14.3. The standard InChI is InChI=1S/C19H26FNO3/c1-22-15-9-8-14(17(23-2)18(15)24-3)19(10-6-11-19)13-21-12-5-4-7-16(21)20/h6,8-10,16H,4-5,7,11-13H2,1-3H3. The van der Waals surface area contributed by atoms with Crippen LogP contribution < -0.4 is 14.2 Å². The third-order valence-corrected chi connectivity index (χ3v) is 5.18. The zero-order chi connectivity index (χ0) is 17.2. The van der Waals surface area contributed by atoms with E-state index in [1.165, 1.54) is 0 Å². The molecule has 1 saturated heterocycles. The lowest BCUT2D eigenvalue weighted by molar-refractivity contribution is 0.0308. The Bertz CT molecular complexity index is 619. The fourth-order valence-corrected chi connectivity index (χ4v) is 3.79. The van der Waals surface area contributed by atoms with Crippen molar-refractivity contribution in [2.45, 2.75) is 37.4 Å². The first-order valence-corrected chi connectivity index (χ1v) is 8.50. The molecule has 2 unspecified atom stereocenters. The molecule has 1 aromatic carbocycles. The van der Waals surface area contributed by atoms with Crippen molar-refractivity contribution in [3.63, 3.8) is 0 Å². The van der Waals surface area contributed by atoms with Crippen LogP contribution >= 0.6 is 0 Å². The molecule has 5 heteroatoms. The summed E-state index contributed by atoms with van der Waals surface area (Å²) < 4.78 is 30.9. The van der Waals surface area contributed by atoms with Gasteiger partial charge in [-0.3, -0.25) is 4.90 Å². The van der Waals surface area contributed by atoms with Crippen molar-refractivity contribution in [3.05, 3.63) is 29.8 Å². The molecule has 2 atom stereocenters. The number of halogens is 1. The minimum atomic E-state index is -0.851. The molecule has 2 aliphatic rings. The predicted octanol–water partition coefficient (Wildman–Crippen LogP) is 3.69. The van der Waals surface area contributed by atoms with Gasteiger partial charge < -0.3 is 14.2 Å². The number of benzene rings is 1. The van der Waals surface area contributed by atoms with E-state index in [1.54, 1.807) is 21.3 Å². The summed E-state index contributed by atoms with van der Waals surface area (Å²) in [5, 5.41) is 0. The van der Waals surface area contributed by atoms with Crippen LogP contribution in [0, 0.1) is 0 Å². The Hall–Kier alpha value is -1.75. The number of alkyl halides is 1. The summed E-state index contributed by atoms with van der Waals surface area (Å²) in [5.74, 6) is 1.90. The third-order valence-electron chi connectivity index (χ3n) is 5.18. The fourth-order valence-electron chi connectivity index (χ4n) is 3.79. The number of likely N-dealkylation sites (tertiary alicyclic amines) is 1. The molecule has 0 amide bonds. The average molecular weight is 335 g/mol. The van der Waals surface area contributed by atoms with Crippen LogP contribution in [-0.2, 0) is 5.41 Å². The Morgan fingerprint density at radius 1 is 1.12 bits per heavy atom. The molecule has 1 aromatic rings. The summed E-state index contributed by atoms with van der Waals surface area (Å²) in [7, 11) is 4.85. The minimum Gasteiger partial charge on any atom is -0.493 e. The first kappa shape index (κ1) is 17.1. The quantitative estimate of drug-likeness (QED) is 0.586. The number of allylic oxidation sites excluding steroid dienone is 1. The van der Waals surface area contributed by atoms with E-state index in [9.17, 15) is 4.39 Å². The number of rotatable bonds is 6. The van der Waals surface area contributed by atoms with Crippen molar-refractivity contribution in [2.24, 2.45) is 0 Å².